The molecule has 4 nitrogen and oxygen atoms in total. The quantitative estimate of drug-likeness (QED) is 0.912. The highest BCUT2D eigenvalue weighted by molar-refractivity contribution is 8.00. The van der Waals surface area contributed by atoms with Gasteiger partial charge in [-0.15, -0.1) is 0 Å². The van der Waals surface area contributed by atoms with E-state index >= 15 is 0 Å². The summed E-state index contributed by atoms with van der Waals surface area (Å²) < 4.78 is 5.21. The summed E-state index contributed by atoms with van der Waals surface area (Å²) in [6.45, 7) is 4.17. The van der Waals surface area contributed by atoms with E-state index in [0.717, 1.165) is 21.6 Å². The van der Waals surface area contributed by atoms with Crippen LogP contribution in [0.4, 0.5) is 0 Å². The minimum Gasteiger partial charge on any atom is -0.313 e. The topological polar surface area (TPSA) is 50.7 Å². The fraction of sp³-hybridized carbons (Fsp3) is 0.417. The van der Waals surface area contributed by atoms with E-state index < -0.39 is 0 Å². The Morgan fingerprint density at radius 3 is 2.83 bits per heavy atom. The van der Waals surface area contributed by atoms with Crippen LogP contribution in [0, 0.1) is 0 Å². The normalized spacial score (nSPS) is 12.6. The molecule has 2 rings (SSSR count). The molecule has 1 unspecified atom stereocenters. The van der Waals surface area contributed by atoms with Crippen molar-refractivity contribution >= 4 is 23.3 Å². The highest BCUT2D eigenvalue weighted by Gasteiger charge is 2.07. The lowest BCUT2D eigenvalue weighted by molar-refractivity contribution is 0.648. The number of nitrogens with one attached hydrogen (secondary N) is 1. The SMILES string of the molecule is CCc1nsc(Sc2ccc(C(C)NC)cn2)n1. The summed E-state index contributed by atoms with van der Waals surface area (Å²) in [7, 11) is 1.95. The number of nitrogens with zero attached hydrogens (tertiary/aromatic N) is 3. The van der Waals surface area contributed by atoms with Crippen molar-refractivity contribution in [3.63, 3.8) is 0 Å². The standard InChI is InChI=1S/C12H16N4S2/c1-4-10-15-12(18-16-10)17-11-6-5-9(7-14-11)8(2)13-3/h5-8,13H,4H2,1-3H3. The zero-order valence-electron chi connectivity index (χ0n) is 10.7. The molecule has 0 spiro atoms. The van der Waals surface area contributed by atoms with Crippen molar-refractivity contribution < 1.29 is 0 Å². The number of aromatic nitrogens is 3. The molecule has 6 heteroatoms. The minimum absolute atomic E-state index is 0.324. The highest BCUT2D eigenvalue weighted by atomic mass is 32.2. The van der Waals surface area contributed by atoms with Crippen LogP contribution in [-0.2, 0) is 6.42 Å². The summed E-state index contributed by atoms with van der Waals surface area (Å²) in [5, 5.41) is 4.15. The predicted molar refractivity (Wildman–Crippen MR) is 75.1 cm³/mol. The van der Waals surface area contributed by atoms with Crippen molar-refractivity contribution in [2.75, 3.05) is 7.05 Å². The average molecular weight is 280 g/mol. The maximum Gasteiger partial charge on any atom is 0.176 e. The van der Waals surface area contributed by atoms with Crippen LogP contribution in [-0.4, -0.2) is 21.4 Å². The fourth-order valence-corrected chi connectivity index (χ4v) is 2.98. The van der Waals surface area contributed by atoms with Gasteiger partial charge < -0.3 is 5.32 Å². The molecule has 0 saturated heterocycles. The molecular formula is C12H16N4S2. The van der Waals surface area contributed by atoms with Gasteiger partial charge in [-0.3, -0.25) is 0 Å². The Kier molecular flexibility index (Phi) is 4.68. The van der Waals surface area contributed by atoms with Crippen LogP contribution in [0.25, 0.3) is 0 Å². The summed E-state index contributed by atoms with van der Waals surface area (Å²) in [6, 6.07) is 4.45. The Morgan fingerprint density at radius 1 is 1.44 bits per heavy atom. The van der Waals surface area contributed by atoms with Gasteiger partial charge in [0.15, 0.2) is 4.34 Å². The van der Waals surface area contributed by atoms with E-state index in [-0.39, 0.29) is 0 Å². The molecule has 0 aliphatic rings. The van der Waals surface area contributed by atoms with Gasteiger partial charge in [0, 0.05) is 18.7 Å². The summed E-state index contributed by atoms with van der Waals surface area (Å²) in [4.78, 5) is 8.86. The first kappa shape index (κ1) is 13.5. The van der Waals surface area contributed by atoms with E-state index in [1.165, 1.54) is 17.1 Å². The summed E-state index contributed by atoms with van der Waals surface area (Å²) in [5.41, 5.74) is 1.19. The van der Waals surface area contributed by atoms with Crippen LogP contribution in [0.1, 0.15) is 31.3 Å². The zero-order chi connectivity index (χ0) is 13.0. The average Bonchev–Trinajstić information content (AvgIpc) is 2.86. The van der Waals surface area contributed by atoms with Crippen LogP contribution in [0.2, 0.25) is 0 Å². The summed E-state index contributed by atoms with van der Waals surface area (Å²) in [5.74, 6) is 0.905. The van der Waals surface area contributed by atoms with Crippen molar-refractivity contribution in [2.45, 2.75) is 35.7 Å². The zero-order valence-corrected chi connectivity index (χ0v) is 12.3. The van der Waals surface area contributed by atoms with Gasteiger partial charge in [0.2, 0.25) is 0 Å². The maximum absolute atomic E-state index is 4.44. The second-order valence-corrected chi connectivity index (χ2v) is 5.89. The third-order valence-corrected chi connectivity index (χ3v) is 4.39. The Balaban J connectivity index is 2.06. The molecule has 0 bridgehead atoms. The van der Waals surface area contributed by atoms with E-state index in [2.05, 4.69) is 39.6 Å². The Morgan fingerprint density at radius 2 is 2.28 bits per heavy atom. The first-order chi connectivity index (χ1) is 8.72. The highest BCUT2D eigenvalue weighted by Crippen LogP contribution is 2.27. The number of hydrogen-bond donors (Lipinski definition) is 1. The monoisotopic (exact) mass is 280 g/mol. The van der Waals surface area contributed by atoms with Crippen molar-refractivity contribution in [1.29, 1.82) is 0 Å². The third kappa shape index (κ3) is 3.28. The Bertz CT molecular complexity index is 495. The maximum atomic E-state index is 4.44. The molecular weight excluding hydrogens is 264 g/mol. The minimum atomic E-state index is 0.324. The molecule has 2 aromatic heterocycles. The Labute approximate surface area is 115 Å². The molecule has 1 N–H and O–H groups in total. The second kappa shape index (κ2) is 6.26. The van der Waals surface area contributed by atoms with Gasteiger partial charge in [-0.25, -0.2) is 9.97 Å². The van der Waals surface area contributed by atoms with Crippen molar-refractivity contribution in [3.8, 4) is 0 Å². The summed E-state index contributed by atoms with van der Waals surface area (Å²) >= 11 is 3.00. The van der Waals surface area contributed by atoms with E-state index in [1.807, 2.05) is 19.3 Å². The molecule has 0 aliphatic carbocycles. The molecule has 96 valence electrons. The van der Waals surface area contributed by atoms with E-state index in [4.69, 9.17) is 0 Å². The fourth-order valence-electron chi connectivity index (χ4n) is 1.39. The van der Waals surface area contributed by atoms with Crippen LogP contribution >= 0.6 is 23.3 Å². The van der Waals surface area contributed by atoms with Crippen molar-refractivity contribution in [3.05, 3.63) is 29.7 Å². The molecule has 2 heterocycles. The molecule has 2 aromatic rings. The number of hydrogen-bond acceptors (Lipinski definition) is 6. The van der Waals surface area contributed by atoms with Gasteiger partial charge in [-0.2, -0.15) is 4.37 Å². The van der Waals surface area contributed by atoms with Crippen LogP contribution in [0.5, 0.6) is 0 Å². The molecule has 0 fully saturated rings. The first-order valence-electron chi connectivity index (χ1n) is 5.86. The van der Waals surface area contributed by atoms with Gasteiger partial charge in [0.25, 0.3) is 0 Å². The van der Waals surface area contributed by atoms with Crippen molar-refractivity contribution in [1.82, 2.24) is 19.7 Å². The molecule has 0 aromatic carbocycles. The van der Waals surface area contributed by atoms with Gasteiger partial charge in [-0.05, 0) is 48.9 Å². The molecule has 0 saturated carbocycles. The molecule has 0 radical (unpaired) electrons. The van der Waals surface area contributed by atoms with E-state index in [1.54, 1.807) is 11.8 Å². The molecule has 0 aliphatic heterocycles. The van der Waals surface area contributed by atoms with Gasteiger partial charge >= 0.3 is 0 Å². The van der Waals surface area contributed by atoms with Crippen LogP contribution < -0.4 is 5.32 Å². The van der Waals surface area contributed by atoms with E-state index in [9.17, 15) is 0 Å². The molecule has 1 atom stereocenters. The van der Waals surface area contributed by atoms with Gasteiger partial charge in [0.05, 0.1) is 0 Å². The van der Waals surface area contributed by atoms with Crippen LogP contribution in [0.3, 0.4) is 0 Å². The largest absolute Gasteiger partial charge is 0.313 e. The lowest BCUT2D eigenvalue weighted by Crippen LogP contribution is -2.12. The molecule has 18 heavy (non-hydrogen) atoms. The van der Waals surface area contributed by atoms with Crippen LogP contribution in [0.15, 0.2) is 27.7 Å². The van der Waals surface area contributed by atoms with E-state index in [0.29, 0.717) is 6.04 Å². The van der Waals surface area contributed by atoms with Crippen molar-refractivity contribution in [2.24, 2.45) is 0 Å². The van der Waals surface area contributed by atoms with Gasteiger partial charge in [0.1, 0.15) is 10.9 Å². The number of rotatable bonds is 5. The third-order valence-electron chi connectivity index (χ3n) is 2.65. The second-order valence-electron chi connectivity index (χ2n) is 3.87. The first-order valence-corrected chi connectivity index (χ1v) is 7.45. The number of aryl methyl sites for hydroxylation is 1. The number of pyridine rings is 1. The Hall–Kier alpha value is -0.980. The molecule has 0 amide bonds. The predicted octanol–water partition coefficient (Wildman–Crippen LogP) is 2.93. The summed E-state index contributed by atoms with van der Waals surface area (Å²) in [6.07, 6.45) is 2.79. The lowest BCUT2D eigenvalue weighted by Gasteiger charge is -2.09. The smallest absolute Gasteiger partial charge is 0.176 e. The van der Waals surface area contributed by atoms with Gasteiger partial charge in [-0.1, -0.05) is 13.0 Å². The lowest BCUT2D eigenvalue weighted by atomic mass is 10.1.